The van der Waals surface area contributed by atoms with E-state index in [2.05, 4.69) is 5.32 Å². The molecule has 8 heteroatoms. The van der Waals surface area contributed by atoms with E-state index in [1.165, 1.54) is 20.4 Å². The Morgan fingerprint density at radius 1 is 0.906 bits per heavy atom. The quantitative estimate of drug-likeness (QED) is 0.458. The lowest BCUT2D eigenvalue weighted by molar-refractivity contribution is -0.116. The number of fused-ring (bicyclic) bond motifs is 1. The van der Waals surface area contributed by atoms with Crippen molar-refractivity contribution in [2.75, 3.05) is 19.5 Å². The molecule has 3 aromatic carbocycles. The molecule has 0 spiro atoms. The van der Waals surface area contributed by atoms with E-state index in [0.29, 0.717) is 28.1 Å². The minimum atomic E-state index is -3.74. The van der Waals surface area contributed by atoms with Crippen LogP contribution in [-0.4, -0.2) is 33.1 Å². The third-order valence-electron chi connectivity index (χ3n) is 5.08. The minimum Gasteiger partial charge on any atom is -0.493 e. The van der Waals surface area contributed by atoms with Gasteiger partial charge in [0.15, 0.2) is 11.5 Å². The molecule has 4 aromatic rings. The van der Waals surface area contributed by atoms with Crippen LogP contribution in [0.4, 0.5) is 5.69 Å². The highest BCUT2D eigenvalue weighted by molar-refractivity contribution is 7.91. The third kappa shape index (κ3) is 4.04. The number of sulfone groups is 1. The van der Waals surface area contributed by atoms with Gasteiger partial charge < -0.3 is 19.4 Å². The zero-order valence-corrected chi connectivity index (χ0v) is 18.4. The van der Waals surface area contributed by atoms with Crippen LogP contribution in [0.2, 0.25) is 0 Å². The largest absolute Gasteiger partial charge is 0.493 e. The molecule has 1 aromatic heterocycles. The fraction of sp³-hybridized carbons (Fsp3) is 0.125. The maximum atomic E-state index is 13.2. The molecule has 0 aliphatic rings. The van der Waals surface area contributed by atoms with Gasteiger partial charge in [0.05, 0.1) is 24.0 Å². The second-order valence-corrected chi connectivity index (χ2v) is 8.99. The first-order valence-electron chi connectivity index (χ1n) is 9.84. The highest BCUT2D eigenvalue weighted by Crippen LogP contribution is 2.31. The zero-order chi connectivity index (χ0) is 22.7. The number of hydrogen-bond donors (Lipinski definition) is 1. The van der Waals surface area contributed by atoms with E-state index < -0.39 is 9.84 Å². The highest BCUT2D eigenvalue weighted by Gasteiger charge is 2.23. The van der Waals surface area contributed by atoms with Crippen molar-refractivity contribution in [3.05, 3.63) is 79.0 Å². The van der Waals surface area contributed by atoms with Gasteiger partial charge in [0, 0.05) is 28.9 Å². The maximum absolute atomic E-state index is 13.2. The Labute approximate surface area is 186 Å². The summed E-state index contributed by atoms with van der Waals surface area (Å²) in [6.07, 6.45) is 1.52. The van der Waals surface area contributed by atoms with Crippen LogP contribution in [0.1, 0.15) is 0 Å². The fourth-order valence-corrected chi connectivity index (χ4v) is 5.05. The summed E-state index contributed by atoms with van der Waals surface area (Å²) in [4.78, 5) is 13.1. The van der Waals surface area contributed by atoms with Crippen molar-refractivity contribution in [3.8, 4) is 11.5 Å². The average Bonchev–Trinajstić information content (AvgIpc) is 3.18. The molecule has 0 atom stereocenters. The lowest BCUT2D eigenvalue weighted by atomic mass is 10.2. The second-order valence-electron chi connectivity index (χ2n) is 7.07. The molecule has 0 unspecified atom stereocenters. The molecule has 0 radical (unpaired) electrons. The van der Waals surface area contributed by atoms with Crippen LogP contribution in [0.5, 0.6) is 11.5 Å². The van der Waals surface area contributed by atoms with E-state index in [0.717, 1.165) is 0 Å². The van der Waals surface area contributed by atoms with Crippen LogP contribution in [-0.2, 0) is 21.2 Å². The Bertz CT molecular complexity index is 1380. The standard InChI is InChI=1S/C24H22N2O5S/c1-30-21-13-12-17(14-22(21)31-2)25-24(27)16-26-15-23(19-10-6-7-11-20(19)26)32(28,29)18-8-4-3-5-9-18/h3-15H,16H2,1-2H3,(H,25,27). The number of nitrogens with one attached hydrogen (secondary N) is 1. The number of anilines is 1. The van der Waals surface area contributed by atoms with Crippen molar-refractivity contribution >= 4 is 32.3 Å². The van der Waals surface area contributed by atoms with Crippen LogP contribution < -0.4 is 14.8 Å². The molecular formula is C24H22N2O5S. The van der Waals surface area contributed by atoms with Gasteiger partial charge in [0.25, 0.3) is 0 Å². The Morgan fingerprint density at radius 3 is 2.31 bits per heavy atom. The lowest BCUT2D eigenvalue weighted by Crippen LogP contribution is -2.18. The summed E-state index contributed by atoms with van der Waals surface area (Å²) in [7, 11) is -0.685. The van der Waals surface area contributed by atoms with Crippen molar-refractivity contribution in [2.45, 2.75) is 16.3 Å². The van der Waals surface area contributed by atoms with Gasteiger partial charge in [-0.2, -0.15) is 0 Å². The molecule has 0 aliphatic carbocycles. The predicted molar refractivity (Wildman–Crippen MR) is 122 cm³/mol. The number of hydrogen-bond acceptors (Lipinski definition) is 5. The van der Waals surface area contributed by atoms with Crippen molar-refractivity contribution in [2.24, 2.45) is 0 Å². The van der Waals surface area contributed by atoms with E-state index >= 15 is 0 Å². The van der Waals surface area contributed by atoms with Crippen LogP contribution >= 0.6 is 0 Å². The molecule has 1 N–H and O–H groups in total. The number of para-hydroxylation sites is 1. The number of carbonyl (C=O) groups is 1. The Morgan fingerprint density at radius 2 is 1.59 bits per heavy atom. The first-order chi connectivity index (χ1) is 15.4. The van der Waals surface area contributed by atoms with Crippen LogP contribution in [0, 0.1) is 0 Å². The van der Waals surface area contributed by atoms with E-state index in [-0.39, 0.29) is 22.2 Å². The third-order valence-corrected chi connectivity index (χ3v) is 6.87. The molecule has 0 fully saturated rings. The van der Waals surface area contributed by atoms with E-state index in [4.69, 9.17) is 9.47 Å². The van der Waals surface area contributed by atoms with Gasteiger partial charge in [-0.1, -0.05) is 36.4 Å². The lowest BCUT2D eigenvalue weighted by Gasteiger charge is -2.11. The minimum absolute atomic E-state index is 0.0564. The molecular weight excluding hydrogens is 428 g/mol. The smallest absolute Gasteiger partial charge is 0.244 e. The molecule has 0 aliphatic heterocycles. The van der Waals surface area contributed by atoms with Gasteiger partial charge >= 0.3 is 0 Å². The number of amides is 1. The van der Waals surface area contributed by atoms with Crippen molar-refractivity contribution in [1.29, 1.82) is 0 Å². The van der Waals surface area contributed by atoms with Gasteiger partial charge in [0.2, 0.25) is 15.7 Å². The Balaban J connectivity index is 1.65. The molecule has 0 bridgehead atoms. The van der Waals surface area contributed by atoms with Gasteiger partial charge in [0.1, 0.15) is 6.54 Å². The van der Waals surface area contributed by atoms with Crippen LogP contribution in [0.15, 0.2) is 88.8 Å². The number of ether oxygens (including phenoxy) is 2. The van der Waals surface area contributed by atoms with Crippen molar-refractivity contribution in [3.63, 3.8) is 0 Å². The van der Waals surface area contributed by atoms with Gasteiger partial charge in [-0.05, 0) is 30.3 Å². The normalized spacial score (nSPS) is 11.3. The topological polar surface area (TPSA) is 86.6 Å². The van der Waals surface area contributed by atoms with Crippen LogP contribution in [0.25, 0.3) is 10.9 Å². The molecule has 1 heterocycles. The first kappa shape index (κ1) is 21.5. The van der Waals surface area contributed by atoms with E-state index in [9.17, 15) is 13.2 Å². The number of benzene rings is 3. The monoisotopic (exact) mass is 450 g/mol. The van der Waals surface area contributed by atoms with E-state index in [1.807, 2.05) is 6.07 Å². The van der Waals surface area contributed by atoms with Gasteiger partial charge in [-0.25, -0.2) is 8.42 Å². The molecule has 1 amide bonds. The zero-order valence-electron chi connectivity index (χ0n) is 17.6. The fourth-order valence-electron chi connectivity index (χ4n) is 3.55. The predicted octanol–water partition coefficient (Wildman–Crippen LogP) is 4.13. The summed E-state index contributed by atoms with van der Waals surface area (Å²) in [6.45, 7) is -0.0564. The molecule has 0 saturated heterocycles. The second kappa shape index (κ2) is 8.76. The number of rotatable bonds is 7. The van der Waals surface area contributed by atoms with Gasteiger partial charge in [-0.15, -0.1) is 0 Å². The maximum Gasteiger partial charge on any atom is 0.244 e. The molecule has 0 saturated carbocycles. The number of nitrogens with zero attached hydrogens (tertiary/aromatic N) is 1. The summed E-state index contributed by atoms with van der Waals surface area (Å²) in [5, 5.41) is 3.38. The molecule has 32 heavy (non-hydrogen) atoms. The number of carbonyl (C=O) groups excluding carboxylic acids is 1. The average molecular weight is 451 g/mol. The molecule has 7 nitrogen and oxygen atoms in total. The first-order valence-corrected chi connectivity index (χ1v) is 11.3. The summed E-state index contributed by atoms with van der Waals surface area (Å²) < 4.78 is 38.6. The van der Waals surface area contributed by atoms with E-state index in [1.54, 1.807) is 71.3 Å². The summed E-state index contributed by atoms with van der Waals surface area (Å²) >= 11 is 0. The summed E-state index contributed by atoms with van der Waals surface area (Å²) in [5.74, 6) is 0.743. The van der Waals surface area contributed by atoms with Crippen molar-refractivity contribution < 1.29 is 22.7 Å². The summed E-state index contributed by atoms with van der Waals surface area (Å²) in [6, 6.07) is 20.4. The molecule has 164 valence electrons. The Kier molecular flexibility index (Phi) is 5.87. The SMILES string of the molecule is COc1ccc(NC(=O)Cn2cc(S(=O)(=O)c3ccccc3)c3ccccc32)cc1OC. The van der Waals surface area contributed by atoms with Crippen molar-refractivity contribution in [1.82, 2.24) is 4.57 Å². The Hall–Kier alpha value is -3.78. The molecule has 4 rings (SSSR count). The van der Waals surface area contributed by atoms with Gasteiger partial charge in [-0.3, -0.25) is 4.79 Å². The number of methoxy groups -OCH3 is 2. The summed E-state index contributed by atoms with van der Waals surface area (Å²) in [5.41, 5.74) is 1.20. The van der Waals surface area contributed by atoms with Crippen LogP contribution in [0.3, 0.4) is 0 Å². The highest BCUT2D eigenvalue weighted by atomic mass is 32.2. The number of aromatic nitrogens is 1.